The first-order valence-electron chi connectivity index (χ1n) is 3.41. The summed E-state index contributed by atoms with van der Waals surface area (Å²) in [5.74, 6) is 4.18. The summed E-state index contributed by atoms with van der Waals surface area (Å²) in [6.07, 6.45) is 0. The van der Waals surface area contributed by atoms with Gasteiger partial charge in [-0.25, -0.2) is 5.84 Å². The molecule has 0 aliphatic carbocycles. The number of carbonyl (C=O) groups is 1. The Morgan fingerprint density at radius 2 is 2.00 bits per heavy atom. The zero-order valence-electron chi connectivity index (χ0n) is 6.97. The molecule has 1 amide bonds. The van der Waals surface area contributed by atoms with Gasteiger partial charge >= 0.3 is 0 Å². The van der Waals surface area contributed by atoms with E-state index in [-0.39, 0.29) is 23.7 Å². The normalized spacial score (nSPS) is 8.64. The third kappa shape index (κ3) is 2.41. The topological polar surface area (TPSA) is 98.3 Å². The van der Waals surface area contributed by atoms with Crippen LogP contribution >= 0.6 is 12.4 Å². The molecule has 0 atom stereocenters. The minimum atomic E-state index is -0.674. The summed E-state index contributed by atoms with van der Waals surface area (Å²) in [6.45, 7) is 0. The number of carbonyl (C=O) groups excluding carboxylic acids is 1. The van der Waals surface area contributed by atoms with Crippen molar-refractivity contribution >= 4 is 24.0 Å². The molecule has 1 aromatic carbocycles. The number of para-hydroxylation sites is 1. The quantitative estimate of drug-likeness (QED) is 0.328. The molecule has 3 N–H and O–H groups in total. The zero-order chi connectivity index (χ0) is 9.84. The zero-order valence-corrected chi connectivity index (χ0v) is 7.78. The number of rotatable bonds is 2. The van der Waals surface area contributed by atoms with Gasteiger partial charge in [0.25, 0.3) is 11.6 Å². The van der Waals surface area contributed by atoms with E-state index in [1.807, 2.05) is 5.43 Å². The molecule has 0 unspecified atom stereocenters. The summed E-state index contributed by atoms with van der Waals surface area (Å²) < 4.78 is 0. The fourth-order valence-corrected chi connectivity index (χ4v) is 0.903. The second-order valence-corrected chi connectivity index (χ2v) is 2.25. The maximum Gasteiger partial charge on any atom is 0.282 e. The van der Waals surface area contributed by atoms with Gasteiger partial charge in [0.05, 0.1) is 4.92 Å². The van der Waals surface area contributed by atoms with Crippen molar-refractivity contribution in [1.82, 2.24) is 5.43 Å². The van der Waals surface area contributed by atoms with Crippen molar-refractivity contribution in [2.75, 3.05) is 0 Å². The fraction of sp³-hybridized carbons (Fsp3) is 0. The number of nitro benzene ring substituents is 1. The molecule has 0 spiro atoms. The van der Waals surface area contributed by atoms with E-state index in [1.54, 1.807) is 0 Å². The fourth-order valence-electron chi connectivity index (χ4n) is 0.903. The summed E-state index contributed by atoms with van der Waals surface area (Å²) in [5.41, 5.74) is 1.53. The van der Waals surface area contributed by atoms with Gasteiger partial charge in [-0.05, 0) is 6.07 Å². The molecule has 6 nitrogen and oxygen atoms in total. The first-order chi connectivity index (χ1) is 6.16. The lowest BCUT2D eigenvalue weighted by Gasteiger charge is -1.99. The van der Waals surface area contributed by atoms with Crippen molar-refractivity contribution in [2.45, 2.75) is 0 Å². The molecule has 0 saturated heterocycles. The van der Waals surface area contributed by atoms with Crippen LogP contribution < -0.4 is 11.3 Å². The van der Waals surface area contributed by atoms with E-state index in [0.29, 0.717) is 0 Å². The number of nitrogens with two attached hydrogens (primary N) is 1. The number of amides is 1. The molecular weight excluding hydrogens is 210 g/mol. The number of nitro groups is 1. The monoisotopic (exact) mass is 217 g/mol. The number of nitrogens with zero attached hydrogens (tertiary/aromatic N) is 1. The van der Waals surface area contributed by atoms with Gasteiger partial charge in [-0.15, -0.1) is 12.4 Å². The highest BCUT2D eigenvalue weighted by atomic mass is 35.5. The second-order valence-electron chi connectivity index (χ2n) is 2.25. The van der Waals surface area contributed by atoms with Crippen LogP contribution in [0.4, 0.5) is 5.69 Å². The molecule has 0 heterocycles. The van der Waals surface area contributed by atoms with Crippen LogP contribution in [0.25, 0.3) is 0 Å². The molecule has 0 aromatic heterocycles. The summed E-state index contributed by atoms with van der Waals surface area (Å²) in [4.78, 5) is 20.8. The largest absolute Gasteiger partial charge is 0.290 e. The van der Waals surface area contributed by atoms with Gasteiger partial charge in [0.1, 0.15) is 5.56 Å². The summed E-state index contributed by atoms with van der Waals surface area (Å²) in [6, 6.07) is 5.58. The Balaban J connectivity index is 0.00000169. The van der Waals surface area contributed by atoms with Gasteiger partial charge in [-0.2, -0.15) is 0 Å². The first-order valence-corrected chi connectivity index (χ1v) is 3.41. The SMILES string of the molecule is Cl.NNC(=O)c1ccccc1[N+](=O)[O-]. The van der Waals surface area contributed by atoms with Gasteiger partial charge in [-0.3, -0.25) is 20.3 Å². The molecule has 0 radical (unpaired) electrons. The Labute approximate surface area is 85.6 Å². The minimum Gasteiger partial charge on any atom is -0.290 e. The van der Waals surface area contributed by atoms with Crippen molar-refractivity contribution in [2.24, 2.45) is 5.84 Å². The number of halogens is 1. The van der Waals surface area contributed by atoms with Crippen molar-refractivity contribution in [1.29, 1.82) is 0 Å². The second kappa shape index (κ2) is 5.15. The van der Waals surface area contributed by atoms with Crippen molar-refractivity contribution < 1.29 is 9.72 Å². The summed E-state index contributed by atoms with van der Waals surface area (Å²) >= 11 is 0. The number of nitrogen functional groups attached to an aromatic ring is 1. The van der Waals surface area contributed by atoms with Crippen molar-refractivity contribution in [3.05, 3.63) is 39.9 Å². The van der Waals surface area contributed by atoms with Crippen LogP contribution in [0.15, 0.2) is 24.3 Å². The van der Waals surface area contributed by atoms with Gasteiger partial charge in [-0.1, -0.05) is 12.1 Å². The summed E-state index contributed by atoms with van der Waals surface area (Å²) in [7, 11) is 0. The highest BCUT2D eigenvalue weighted by Gasteiger charge is 2.17. The standard InChI is InChI=1S/C7H7N3O3.ClH/c8-9-7(11)5-3-1-2-4-6(5)10(12)13;/h1-4H,8H2,(H,9,11);1H. The Hall–Kier alpha value is -1.66. The average molecular weight is 218 g/mol. The molecule has 0 aliphatic rings. The lowest BCUT2D eigenvalue weighted by Crippen LogP contribution is -2.30. The lowest BCUT2D eigenvalue weighted by atomic mass is 10.2. The molecule has 1 rings (SSSR count). The third-order valence-electron chi connectivity index (χ3n) is 1.48. The number of hydrazine groups is 1. The predicted octanol–water partition coefficient (Wildman–Crippen LogP) is 0.620. The maximum absolute atomic E-state index is 11.0. The van der Waals surface area contributed by atoms with E-state index in [2.05, 4.69) is 0 Å². The smallest absolute Gasteiger partial charge is 0.282 e. The Morgan fingerprint density at radius 1 is 1.43 bits per heavy atom. The number of nitrogens with one attached hydrogen (secondary N) is 1. The van der Waals surface area contributed by atoms with Gasteiger partial charge in [0.15, 0.2) is 0 Å². The van der Waals surface area contributed by atoms with Crippen LogP contribution in [0, 0.1) is 10.1 Å². The van der Waals surface area contributed by atoms with Gasteiger partial charge in [0, 0.05) is 6.07 Å². The first kappa shape index (κ1) is 12.3. The number of benzene rings is 1. The molecule has 14 heavy (non-hydrogen) atoms. The molecule has 0 bridgehead atoms. The van der Waals surface area contributed by atoms with Gasteiger partial charge < -0.3 is 0 Å². The van der Waals surface area contributed by atoms with Crippen LogP contribution in [0.1, 0.15) is 10.4 Å². The van der Waals surface area contributed by atoms with E-state index < -0.39 is 10.8 Å². The number of hydrogen-bond donors (Lipinski definition) is 2. The Morgan fingerprint density at radius 3 is 2.50 bits per heavy atom. The minimum absolute atomic E-state index is 0. The van der Waals surface area contributed by atoms with Crippen LogP contribution in [0.3, 0.4) is 0 Å². The molecule has 76 valence electrons. The molecule has 0 aliphatic heterocycles. The van der Waals surface area contributed by atoms with Crippen LogP contribution in [-0.4, -0.2) is 10.8 Å². The summed E-state index contributed by atoms with van der Waals surface area (Å²) in [5, 5.41) is 10.4. The van der Waals surface area contributed by atoms with E-state index >= 15 is 0 Å². The van der Waals surface area contributed by atoms with Crippen LogP contribution in [0.5, 0.6) is 0 Å². The molecule has 1 aromatic rings. The average Bonchev–Trinajstić information content (AvgIpc) is 2.16. The van der Waals surface area contributed by atoms with Crippen molar-refractivity contribution in [3.63, 3.8) is 0 Å². The van der Waals surface area contributed by atoms with E-state index in [4.69, 9.17) is 5.84 Å². The van der Waals surface area contributed by atoms with Crippen LogP contribution in [0.2, 0.25) is 0 Å². The van der Waals surface area contributed by atoms with Gasteiger partial charge in [0.2, 0.25) is 0 Å². The van der Waals surface area contributed by atoms with E-state index in [1.165, 1.54) is 24.3 Å². The Kier molecular flexibility index (Phi) is 4.54. The molecule has 0 saturated carbocycles. The van der Waals surface area contributed by atoms with E-state index in [0.717, 1.165) is 0 Å². The molecule has 7 heteroatoms. The lowest BCUT2D eigenvalue weighted by molar-refractivity contribution is -0.385. The molecular formula is C7H8ClN3O3. The highest BCUT2D eigenvalue weighted by molar-refractivity contribution is 5.97. The third-order valence-corrected chi connectivity index (χ3v) is 1.48. The van der Waals surface area contributed by atoms with Crippen LogP contribution in [-0.2, 0) is 0 Å². The maximum atomic E-state index is 11.0. The van der Waals surface area contributed by atoms with Crippen molar-refractivity contribution in [3.8, 4) is 0 Å². The number of hydrogen-bond acceptors (Lipinski definition) is 4. The Bertz CT molecular complexity index is 356. The van der Waals surface area contributed by atoms with E-state index in [9.17, 15) is 14.9 Å². The highest BCUT2D eigenvalue weighted by Crippen LogP contribution is 2.16. The molecule has 0 fully saturated rings. The predicted molar refractivity (Wildman–Crippen MR) is 52.0 cm³/mol.